The third-order valence-corrected chi connectivity index (χ3v) is 16.9. The van der Waals surface area contributed by atoms with Crippen molar-refractivity contribution in [1.82, 2.24) is 29.9 Å². The number of morpholine rings is 3. The maximum Gasteiger partial charge on any atom is 0.417 e. The first-order valence-corrected chi connectivity index (χ1v) is 34.2. The lowest BCUT2D eigenvalue weighted by Gasteiger charge is -2.27. The van der Waals surface area contributed by atoms with Crippen molar-refractivity contribution in [2.24, 2.45) is 0 Å². The summed E-state index contributed by atoms with van der Waals surface area (Å²) in [6.45, 7) is 8.45. The molecule has 32 heteroatoms. The molecular formula is C77H65ClF7N15O9. The number of alkyl halides is 6. The first kappa shape index (κ1) is 74.6. The highest BCUT2D eigenvalue weighted by atomic mass is 35.5. The normalized spacial score (nSPS) is 13.7. The van der Waals surface area contributed by atoms with Crippen LogP contribution >= 0.6 is 11.6 Å². The Balaban J connectivity index is 0.000000144. The molecule has 558 valence electrons. The molecule has 0 saturated carbocycles. The van der Waals surface area contributed by atoms with Gasteiger partial charge >= 0.3 is 30.4 Å². The van der Waals surface area contributed by atoms with E-state index < -0.39 is 52.4 Å². The van der Waals surface area contributed by atoms with Crippen LogP contribution in [0.15, 0.2) is 213 Å². The van der Waals surface area contributed by atoms with Gasteiger partial charge in [-0.2, -0.15) is 26.3 Å². The standard InChI is InChI=1S/C26H21ClF3N5O3.C26H22F3N5O3.C25H22FN5O3/c27-21-6-4-17(13-20(21)26(28,29)30)33-25(36)32-16-2-1-3-18(12-16)38-19-5-7-22-23(14-19)34-24(15-31-22)35-8-10-37-11-9-35;27-26(28,29)17-3-1-4-18(13-17)31-25(35)32-19-5-2-6-20(14-19)37-21-7-8-22-23(15-21)33-24(16-30-22)34-9-11-36-12-10-34;26-17-3-1-4-18(13-17)28-25(32)29-19-5-2-6-20(14-19)34-21-7-8-22-23(15-21)30-24(16-27-22)31-9-11-33-12-10-31/h1-7,12-15H,8-11H2,(H2,32,33,36);1-8,13-16H,9-12H2,(H2,31,32,35);1-8,13-16H,9-12H2,(H2,28,29,32). The Morgan fingerprint density at radius 2 is 0.679 bits per heavy atom. The van der Waals surface area contributed by atoms with Crippen LogP contribution in [0.3, 0.4) is 0 Å². The predicted molar refractivity (Wildman–Crippen MR) is 399 cm³/mol. The van der Waals surface area contributed by atoms with E-state index in [-0.39, 0.29) is 11.4 Å². The minimum Gasteiger partial charge on any atom is -0.457 e. The number of anilines is 9. The largest absolute Gasteiger partial charge is 0.457 e. The zero-order chi connectivity index (χ0) is 75.9. The maximum atomic E-state index is 13.3. The van der Waals surface area contributed by atoms with Crippen LogP contribution in [0.4, 0.5) is 96.7 Å². The molecule has 3 fully saturated rings. The van der Waals surface area contributed by atoms with E-state index in [1.54, 1.807) is 128 Å². The molecule has 0 bridgehead atoms. The minimum atomic E-state index is -4.64. The Labute approximate surface area is 622 Å². The van der Waals surface area contributed by atoms with Crippen molar-refractivity contribution in [1.29, 1.82) is 0 Å². The van der Waals surface area contributed by atoms with Gasteiger partial charge < -0.3 is 75.0 Å². The molecule has 6 heterocycles. The number of hydrogen-bond donors (Lipinski definition) is 6. The van der Waals surface area contributed by atoms with Gasteiger partial charge in [0.1, 0.15) is 57.8 Å². The Morgan fingerprint density at radius 3 is 1.03 bits per heavy atom. The SMILES string of the molecule is O=C(Nc1cccc(F)c1)Nc1cccc(Oc2ccc3ncc(N4CCOCC4)nc3c2)c1.O=C(Nc1cccc(Oc2ccc3ncc(N4CCOCC4)nc3c2)c1)Nc1ccc(Cl)c(C(F)(F)F)c1.O=C(Nc1cccc(Oc2ccc3ncc(N4CCOCC4)nc3c2)c1)Nc1cccc(C(F)(F)F)c1. The number of carbonyl (C=O) groups excluding carboxylic acids is 3. The van der Waals surface area contributed by atoms with Crippen LogP contribution in [-0.4, -0.2) is 127 Å². The second kappa shape index (κ2) is 34.2. The monoisotopic (exact) mass is 1510 g/mol. The molecule has 9 aromatic carbocycles. The van der Waals surface area contributed by atoms with E-state index in [2.05, 4.69) is 61.6 Å². The van der Waals surface area contributed by atoms with Crippen molar-refractivity contribution in [3.05, 3.63) is 235 Å². The number of amides is 6. The summed E-state index contributed by atoms with van der Waals surface area (Å²) in [5.74, 6) is 5.00. The second-order valence-corrected chi connectivity index (χ2v) is 24.7. The summed E-state index contributed by atoms with van der Waals surface area (Å²) in [5, 5.41) is 14.8. The van der Waals surface area contributed by atoms with Gasteiger partial charge in [-0.1, -0.05) is 41.9 Å². The van der Waals surface area contributed by atoms with Gasteiger partial charge in [0, 0.05) is 110 Å². The molecule has 0 atom stereocenters. The van der Waals surface area contributed by atoms with Crippen molar-refractivity contribution in [3.63, 3.8) is 0 Å². The molecule has 3 saturated heterocycles. The lowest BCUT2D eigenvalue weighted by molar-refractivity contribution is -0.138. The van der Waals surface area contributed by atoms with E-state index in [0.29, 0.717) is 108 Å². The van der Waals surface area contributed by atoms with Crippen molar-refractivity contribution in [2.75, 3.05) is 126 Å². The average molecular weight is 1510 g/mol. The fraction of sp³-hybridized carbons (Fsp3) is 0.182. The number of fused-ring (bicyclic) bond motifs is 3. The van der Waals surface area contributed by atoms with Gasteiger partial charge in [-0.05, 0) is 127 Å². The highest BCUT2D eigenvalue weighted by Crippen LogP contribution is 2.38. The summed E-state index contributed by atoms with van der Waals surface area (Å²) < 4.78 is 125. The lowest BCUT2D eigenvalue weighted by atomic mass is 10.2. The molecule has 12 aromatic rings. The first-order valence-electron chi connectivity index (χ1n) is 33.9. The van der Waals surface area contributed by atoms with E-state index in [1.807, 2.05) is 24.3 Å². The first-order chi connectivity index (χ1) is 52.7. The number of halogens is 8. The highest BCUT2D eigenvalue weighted by Gasteiger charge is 2.34. The van der Waals surface area contributed by atoms with Gasteiger partial charge in [-0.15, -0.1) is 0 Å². The molecule has 3 aromatic heterocycles. The Morgan fingerprint density at radius 1 is 0.358 bits per heavy atom. The highest BCUT2D eigenvalue weighted by molar-refractivity contribution is 6.31. The van der Waals surface area contributed by atoms with Crippen molar-refractivity contribution < 1.29 is 73.5 Å². The minimum absolute atomic E-state index is 0.0217. The smallest absolute Gasteiger partial charge is 0.417 e. The molecular weight excluding hydrogens is 1450 g/mol. The van der Waals surface area contributed by atoms with Gasteiger partial charge in [-0.3, -0.25) is 15.0 Å². The molecule has 3 aliphatic heterocycles. The van der Waals surface area contributed by atoms with Gasteiger partial charge in [0.15, 0.2) is 0 Å². The topological polar surface area (TPSA) is 266 Å². The van der Waals surface area contributed by atoms with E-state index in [9.17, 15) is 45.1 Å². The van der Waals surface area contributed by atoms with Gasteiger partial charge in [-0.25, -0.2) is 33.7 Å². The maximum absolute atomic E-state index is 13.3. The number of aromatic nitrogens is 6. The zero-order valence-corrected chi connectivity index (χ0v) is 58.2. The molecule has 24 nitrogen and oxygen atoms in total. The van der Waals surface area contributed by atoms with Crippen molar-refractivity contribution >= 4 is 114 Å². The average Bonchev–Trinajstić information content (AvgIpc) is 0.825. The number of nitrogens with zero attached hydrogens (tertiary/aromatic N) is 9. The molecule has 0 radical (unpaired) electrons. The summed E-state index contributed by atoms with van der Waals surface area (Å²) in [7, 11) is 0. The number of ether oxygens (including phenoxy) is 6. The molecule has 6 N–H and O–H groups in total. The molecule has 0 spiro atoms. The van der Waals surface area contributed by atoms with Gasteiger partial charge in [0.2, 0.25) is 0 Å². The van der Waals surface area contributed by atoms with Crippen LogP contribution in [-0.2, 0) is 26.6 Å². The Kier molecular flexibility index (Phi) is 23.4. The molecule has 109 heavy (non-hydrogen) atoms. The predicted octanol–water partition coefficient (Wildman–Crippen LogP) is 17.5. The number of benzene rings is 9. The molecule has 3 aliphatic rings. The van der Waals surface area contributed by atoms with E-state index in [0.717, 1.165) is 103 Å². The number of nitrogens with one attached hydrogen (secondary N) is 6. The third kappa shape index (κ3) is 20.7. The van der Waals surface area contributed by atoms with Gasteiger partial charge in [0.25, 0.3) is 0 Å². The third-order valence-electron chi connectivity index (χ3n) is 16.6. The number of urea groups is 3. The molecule has 0 unspecified atom stereocenters. The summed E-state index contributed by atoms with van der Waals surface area (Å²) >= 11 is 5.63. The van der Waals surface area contributed by atoms with Crippen LogP contribution in [0.5, 0.6) is 34.5 Å². The molecule has 6 amide bonds. The van der Waals surface area contributed by atoms with Crippen LogP contribution in [0, 0.1) is 5.82 Å². The van der Waals surface area contributed by atoms with Crippen LogP contribution in [0.1, 0.15) is 11.1 Å². The van der Waals surface area contributed by atoms with Crippen LogP contribution in [0.25, 0.3) is 33.1 Å². The number of hydrogen-bond acceptors (Lipinski definition) is 18. The Hall–Kier alpha value is -12.7. The fourth-order valence-electron chi connectivity index (χ4n) is 11.3. The van der Waals surface area contributed by atoms with Crippen molar-refractivity contribution in [3.8, 4) is 34.5 Å². The summed E-state index contributed by atoms with van der Waals surface area (Å²) in [6, 6.07) is 47.8. The van der Waals surface area contributed by atoms with Crippen LogP contribution in [0.2, 0.25) is 5.02 Å². The van der Waals surface area contributed by atoms with Gasteiger partial charge in [0.05, 0.1) is 107 Å². The molecule has 15 rings (SSSR count). The fourth-order valence-corrected chi connectivity index (χ4v) is 11.6. The van der Waals surface area contributed by atoms with E-state index in [1.165, 1.54) is 36.4 Å². The summed E-state index contributed by atoms with van der Waals surface area (Å²) in [6.07, 6.45) is -3.89. The Bertz CT molecular complexity index is 5250. The zero-order valence-electron chi connectivity index (χ0n) is 57.4. The quantitative estimate of drug-likeness (QED) is 0.0521. The second-order valence-electron chi connectivity index (χ2n) is 24.3. The summed E-state index contributed by atoms with van der Waals surface area (Å²) in [4.78, 5) is 71.0. The van der Waals surface area contributed by atoms with E-state index in [4.69, 9.17) is 55.0 Å². The molecule has 0 aliphatic carbocycles. The number of rotatable bonds is 15. The summed E-state index contributed by atoms with van der Waals surface area (Å²) in [5.41, 5.74) is 4.04. The van der Waals surface area contributed by atoms with Crippen molar-refractivity contribution in [2.45, 2.75) is 12.4 Å². The number of carbonyl (C=O) groups is 3. The van der Waals surface area contributed by atoms with E-state index >= 15 is 0 Å². The lowest BCUT2D eigenvalue weighted by Crippen LogP contribution is -2.36. The van der Waals surface area contributed by atoms with Crippen LogP contribution < -0.4 is 60.8 Å².